The fourth-order valence-electron chi connectivity index (χ4n) is 3.53. The van der Waals surface area contributed by atoms with Gasteiger partial charge in [0.15, 0.2) is 0 Å². The van der Waals surface area contributed by atoms with Gasteiger partial charge in [0, 0.05) is 45.3 Å². The third kappa shape index (κ3) is 3.79. The van der Waals surface area contributed by atoms with E-state index in [1.54, 1.807) is 15.8 Å². The van der Waals surface area contributed by atoms with Crippen LogP contribution in [-0.4, -0.2) is 50.5 Å². The second kappa shape index (κ2) is 7.72. The molecule has 138 valence electrons. The number of carbonyl (C=O) groups excluding carboxylic acids is 2. The maximum atomic E-state index is 13.0. The number of carbonyl (C=O) groups is 2. The molecule has 0 saturated carbocycles. The summed E-state index contributed by atoms with van der Waals surface area (Å²) in [4.78, 5) is 29.4. The van der Waals surface area contributed by atoms with E-state index in [9.17, 15) is 9.59 Å². The van der Waals surface area contributed by atoms with Crippen molar-refractivity contribution in [3.63, 3.8) is 0 Å². The summed E-state index contributed by atoms with van der Waals surface area (Å²) in [6.45, 7) is 5.51. The van der Waals surface area contributed by atoms with Gasteiger partial charge in [0.2, 0.25) is 5.91 Å². The summed E-state index contributed by atoms with van der Waals surface area (Å²) in [5.74, 6) is 0.0716. The van der Waals surface area contributed by atoms with Crippen LogP contribution in [0.15, 0.2) is 36.5 Å². The Morgan fingerprint density at radius 3 is 2.62 bits per heavy atom. The quantitative estimate of drug-likeness (QED) is 0.847. The highest BCUT2D eigenvalue weighted by molar-refractivity contribution is 5.95. The molecule has 1 aromatic heterocycles. The first-order valence-electron chi connectivity index (χ1n) is 9.12. The molecule has 2 aromatic rings. The molecule has 26 heavy (non-hydrogen) atoms. The molecule has 3 rings (SSSR count). The standard InChI is InChI=1S/C20H26N4O2/c1-4-17-13-23(20(26)18-14-22(3)21-15(18)2)11-10-19(25)24(17)12-16-8-6-5-7-9-16/h5-9,14,17H,4,10-13H2,1-3H3. The number of hydrogen-bond acceptors (Lipinski definition) is 3. The van der Waals surface area contributed by atoms with Crippen LogP contribution in [0.25, 0.3) is 0 Å². The van der Waals surface area contributed by atoms with E-state index in [0.29, 0.717) is 31.6 Å². The number of aromatic nitrogens is 2. The topological polar surface area (TPSA) is 58.4 Å². The molecule has 1 atom stereocenters. The number of rotatable bonds is 4. The van der Waals surface area contributed by atoms with E-state index in [-0.39, 0.29) is 17.9 Å². The zero-order chi connectivity index (χ0) is 18.7. The van der Waals surface area contributed by atoms with Gasteiger partial charge in [-0.15, -0.1) is 0 Å². The summed E-state index contributed by atoms with van der Waals surface area (Å²) >= 11 is 0. The van der Waals surface area contributed by atoms with Crippen LogP contribution in [0.4, 0.5) is 0 Å². The van der Waals surface area contributed by atoms with Crippen LogP contribution in [0.3, 0.4) is 0 Å². The van der Waals surface area contributed by atoms with Gasteiger partial charge in [0.1, 0.15) is 0 Å². The second-order valence-electron chi connectivity index (χ2n) is 6.87. The minimum absolute atomic E-state index is 0.0196. The molecule has 0 bridgehead atoms. The van der Waals surface area contributed by atoms with Gasteiger partial charge in [0.05, 0.1) is 11.3 Å². The molecule has 1 fully saturated rings. The van der Waals surface area contributed by atoms with E-state index < -0.39 is 0 Å². The largest absolute Gasteiger partial charge is 0.336 e. The van der Waals surface area contributed by atoms with Crippen molar-refractivity contribution < 1.29 is 9.59 Å². The predicted molar refractivity (Wildman–Crippen MR) is 99.5 cm³/mol. The molecular weight excluding hydrogens is 328 g/mol. The highest BCUT2D eigenvalue weighted by Crippen LogP contribution is 2.20. The van der Waals surface area contributed by atoms with Gasteiger partial charge in [-0.05, 0) is 18.9 Å². The number of nitrogens with zero attached hydrogens (tertiary/aromatic N) is 4. The van der Waals surface area contributed by atoms with E-state index in [1.165, 1.54) is 0 Å². The van der Waals surface area contributed by atoms with E-state index in [1.807, 2.05) is 49.2 Å². The maximum absolute atomic E-state index is 13.0. The fourth-order valence-corrected chi connectivity index (χ4v) is 3.53. The molecule has 1 aliphatic heterocycles. The Balaban J connectivity index is 1.80. The lowest BCUT2D eigenvalue weighted by atomic mass is 10.1. The zero-order valence-corrected chi connectivity index (χ0v) is 15.7. The minimum atomic E-state index is -0.0385. The minimum Gasteiger partial charge on any atom is -0.336 e. The summed E-state index contributed by atoms with van der Waals surface area (Å²) < 4.78 is 1.66. The van der Waals surface area contributed by atoms with E-state index >= 15 is 0 Å². The van der Waals surface area contributed by atoms with Crippen molar-refractivity contribution in [2.45, 2.75) is 39.3 Å². The third-order valence-electron chi connectivity index (χ3n) is 4.99. The number of amides is 2. The van der Waals surface area contributed by atoms with Crippen LogP contribution >= 0.6 is 0 Å². The Morgan fingerprint density at radius 2 is 2.00 bits per heavy atom. The first kappa shape index (κ1) is 18.2. The smallest absolute Gasteiger partial charge is 0.257 e. The van der Waals surface area contributed by atoms with E-state index in [4.69, 9.17) is 0 Å². The Bertz CT molecular complexity index is 784. The van der Waals surface area contributed by atoms with Gasteiger partial charge in [0.25, 0.3) is 5.91 Å². The summed E-state index contributed by atoms with van der Waals surface area (Å²) in [6, 6.07) is 10.0. The maximum Gasteiger partial charge on any atom is 0.257 e. The average Bonchev–Trinajstić information content (AvgIpc) is 2.89. The lowest BCUT2D eigenvalue weighted by Crippen LogP contribution is -2.43. The third-order valence-corrected chi connectivity index (χ3v) is 4.99. The number of aryl methyl sites for hydroxylation is 2. The number of benzene rings is 1. The summed E-state index contributed by atoms with van der Waals surface area (Å²) in [5.41, 5.74) is 2.45. The van der Waals surface area contributed by atoms with Crippen LogP contribution in [0.2, 0.25) is 0 Å². The first-order chi connectivity index (χ1) is 12.5. The lowest BCUT2D eigenvalue weighted by Gasteiger charge is -2.31. The SMILES string of the molecule is CCC1CN(C(=O)c2cn(C)nc2C)CCC(=O)N1Cc1ccccc1. The van der Waals surface area contributed by atoms with Crippen molar-refractivity contribution >= 4 is 11.8 Å². The molecule has 1 unspecified atom stereocenters. The van der Waals surface area contributed by atoms with Crippen molar-refractivity contribution in [3.05, 3.63) is 53.3 Å². The van der Waals surface area contributed by atoms with Crippen molar-refractivity contribution in [2.75, 3.05) is 13.1 Å². The van der Waals surface area contributed by atoms with Gasteiger partial charge < -0.3 is 9.80 Å². The molecular formula is C20H26N4O2. The van der Waals surface area contributed by atoms with Crippen molar-refractivity contribution in [3.8, 4) is 0 Å². The van der Waals surface area contributed by atoms with Crippen LogP contribution in [0.5, 0.6) is 0 Å². The zero-order valence-electron chi connectivity index (χ0n) is 15.7. The number of hydrogen-bond donors (Lipinski definition) is 0. The lowest BCUT2D eigenvalue weighted by molar-refractivity contribution is -0.133. The first-order valence-corrected chi connectivity index (χ1v) is 9.12. The van der Waals surface area contributed by atoms with Crippen LogP contribution in [0, 0.1) is 6.92 Å². The van der Waals surface area contributed by atoms with Crippen LogP contribution in [-0.2, 0) is 18.4 Å². The van der Waals surface area contributed by atoms with Gasteiger partial charge >= 0.3 is 0 Å². The Labute approximate surface area is 154 Å². The molecule has 0 spiro atoms. The molecule has 0 radical (unpaired) electrons. The van der Waals surface area contributed by atoms with Gasteiger partial charge in [-0.2, -0.15) is 5.10 Å². The molecule has 1 aromatic carbocycles. The molecule has 6 nitrogen and oxygen atoms in total. The fraction of sp³-hybridized carbons (Fsp3) is 0.450. The second-order valence-corrected chi connectivity index (χ2v) is 6.87. The molecule has 2 amide bonds. The highest BCUT2D eigenvalue weighted by Gasteiger charge is 2.31. The molecule has 1 saturated heterocycles. The normalized spacial score (nSPS) is 18.1. The van der Waals surface area contributed by atoms with Gasteiger partial charge in [-0.1, -0.05) is 37.3 Å². The highest BCUT2D eigenvalue weighted by atomic mass is 16.2. The predicted octanol–water partition coefficient (Wildman–Crippen LogP) is 2.38. The Morgan fingerprint density at radius 1 is 1.27 bits per heavy atom. The van der Waals surface area contributed by atoms with Gasteiger partial charge in [-0.25, -0.2) is 0 Å². The molecule has 1 aliphatic rings. The summed E-state index contributed by atoms with van der Waals surface area (Å²) in [5, 5.41) is 4.27. The van der Waals surface area contributed by atoms with Gasteiger partial charge in [-0.3, -0.25) is 14.3 Å². The van der Waals surface area contributed by atoms with Crippen LogP contribution < -0.4 is 0 Å². The average molecular weight is 354 g/mol. The van der Waals surface area contributed by atoms with Crippen LogP contribution in [0.1, 0.15) is 41.4 Å². The monoisotopic (exact) mass is 354 g/mol. The molecule has 0 aliphatic carbocycles. The summed E-state index contributed by atoms with van der Waals surface area (Å²) in [7, 11) is 1.81. The Hall–Kier alpha value is -2.63. The Kier molecular flexibility index (Phi) is 5.40. The molecule has 2 heterocycles. The van der Waals surface area contributed by atoms with E-state index in [0.717, 1.165) is 17.7 Å². The van der Waals surface area contributed by atoms with Crippen molar-refractivity contribution in [2.24, 2.45) is 7.05 Å². The van der Waals surface area contributed by atoms with Crippen molar-refractivity contribution in [1.29, 1.82) is 0 Å². The summed E-state index contributed by atoms with van der Waals surface area (Å²) in [6.07, 6.45) is 2.93. The molecule has 0 N–H and O–H groups in total. The van der Waals surface area contributed by atoms with E-state index in [2.05, 4.69) is 12.0 Å². The molecule has 6 heteroatoms. The van der Waals surface area contributed by atoms with Crippen molar-refractivity contribution in [1.82, 2.24) is 19.6 Å².